The third-order valence-corrected chi connectivity index (χ3v) is 3.01. The average molecular weight is 285 g/mol. The first-order valence-electron chi connectivity index (χ1n) is 6.67. The lowest BCUT2D eigenvalue weighted by Gasteiger charge is -2.08. The molecule has 2 rings (SSSR count). The molecule has 0 bridgehead atoms. The minimum absolute atomic E-state index is 0.157. The van der Waals surface area contributed by atoms with Crippen LogP contribution in [0.3, 0.4) is 0 Å². The molecule has 2 aromatic rings. The van der Waals surface area contributed by atoms with Crippen molar-refractivity contribution >= 4 is 11.6 Å². The molecule has 0 saturated carbocycles. The number of phenols is 1. The molecule has 4 N–H and O–H groups in total. The van der Waals surface area contributed by atoms with Crippen LogP contribution in [0.25, 0.3) is 0 Å². The molecule has 110 valence electrons. The SMILES string of the molecule is COc1cccc(CCN=C(N)Nc2ccccc2)c1O. The normalized spacial score (nSPS) is 11.2. The van der Waals surface area contributed by atoms with Gasteiger partial charge < -0.3 is 20.9 Å². The highest BCUT2D eigenvalue weighted by molar-refractivity contribution is 5.92. The topological polar surface area (TPSA) is 79.9 Å². The maximum Gasteiger partial charge on any atom is 0.193 e. The minimum Gasteiger partial charge on any atom is -0.504 e. The number of benzene rings is 2. The zero-order chi connectivity index (χ0) is 15.1. The second kappa shape index (κ2) is 7.19. The lowest BCUT2D eigenvalue weighted by Crippen LogP contribution is -2.23. The molecule has 21 heavy (non-hydrogen) atoms. The molecule has 0 saturated heterocycles. The Labute approximate surface area is 124 Å². The Kier molecular flexibility index (Phi) is 5.04. The summed E-state index contributed by atoms with van der Waals surface area (Å²) >= 11 is 0. The summed E-state index contributed by atoms with van der Waals surface area (Å²) in [5, 5.41) is 13.0. The standard InChI is InChI=1S/C16H19N3O2/c1-21-14-9-5-6-12(15(14)20)10-11-18-16(17)19-13-7-3-2-4-8-13/h2-9,20H,10-11H2,1H3,(H3,17,18,19). The van der Waals surface area contributed by atoms with E-state index in [1.165, 1.54) is 7.11 Å². The predicted octanol–water partition coefficient (Wildman–Crippen LogP) is 2.37. The minimum atomic E-state index is 0.157. The molecule has 0 aromatic heterocycles. The molecule has 5 heteroatoms. The van der Waals surface area contributed by atoms with E-state index in [1.807, 2.05) is 42.5 Å². The van der Waals surface area contributed by atoms with Crippen molar-refractivity contribution in [2.45, 2.75) is 6.42 Å². The van der Waals surface area contributed by atoms with E-state index in [0.717, 1.165) is 11.3 Å². The van der Waals surface area contributed by atoms with Crippen LogP contribution in [0.4, 0.5) is 5.69 Å². The van der Waals surface area contributed by atoms with Crippen molar-refractivity contribution in [3.63, 3.8) is 0 Å². The van der Waals surface area contributed by atoms with Crippen LogP contribution in [0.15, 0.2) is 53.5 Å². The summed E-state index contributed by atoms with van der Waals surface area (Å²) in [6, 6.07) is 15.0. The number of aliphatic imine (C=N–C) groups is 1. The van der Waals surface area contributed by atoms with Crippen LogP contribution in [-0.4, -0.2) is 24.7 Å². The molecular weight excluding hydrogens is 266 g/mol. The van der Waals surface area contributed by atoms with Gasteiger partial charge in [-0.25, -0.2) is 0 Å². The number of anilines is 1. The van der Waals surface area contributed by atoms with E-state index in [1.54, 1.807) is 6.07 Å². The number of hydrogen-bond acceptors (Lipinski definition) is 3. The van der Waals surface area contributed by atoms with Crippen molar-refractivity contribution in [2.24, 2.45) is 10.7 Å². The number of aromatic hydroxyl groups is 1. The van der Waals surface area contributed by atoms with Gasteiger partial charge in [0.15, 0.2) is 17.5 Å². The van der Waals surface area contributed by atoms with Gasteiger partial charge in [-0.15, -0.1) is 0 Å². The molecule has 2 aromatic carbocycles. The predicted molar refractivity (Wildman–Crippen MR) is 84.9 cm³/mol. The summed E-state index contributed by atoms with van der Waals surface area (Å²) in [6.07, 6.45) is 0.584. The Morgan fingerprint density at radius 2 is 1.95 bits per heavy atom. The lowest BCUT2D eigenvalue weighted by molar-refractivity contribution is 0.370. The maximum absolute atomic E-state index is 9.97. The average Bonchev–Trinajstić information content (AvgIpc) is 2.50. The first kappa shape index (κ1) is 14.7. The zero-order valence-corrected chi connectivity index (χ0v) is 11.9. The fourth-order valence-corrected chi connectivity index (χ4v) is 1.94. The van der Waals surface area contributed by atoms with Gasteiger partial charge in [-0.3, -0.25) is 4.99 Å². The number of guanidine groups is 1. The van der Waals surface area contributed by atoms with E-state index < -0.39 is 0 Å². The van der Waals surface area contributed by atoms with Gasteiger partial charge in [0.1, 0.15) is 0 Å². The largest absolute Gasteiger partial charge is 0.504 e. The Bertz CT molecular complexity index is 612. The molecule has 0 aliphatic rings. The van der Waals surface area contributed by atoms with E-state index in [9.17, 15) is 5.11 Å². The summed E-state index contributed by atoms with van der Waals surface area (Å²) < 4.78 is 5.07. The molecule has 0 unspecified atom stereocenters. The fraction of sp³-hybridized carbons (Fsp3) is 0.188. The molecule has 0 heterocycles. The van der Waals surface area contributed by atoms with Gasteiger partial charge in [0.05, 0.1) is 7.11 Å². The second-order valence-corrected chi connectivity index (χ2v) is 4.48. The summed E-state index contributed by atoms with van der Waals surface area (Å²) in [5.41, 5.74) is 7.49. The Balaban J connectivity index is 1.93. The number of hydrogen-bond donors (Lipinski definition) is 3. The molecular formula is C16H19N3O2. The van der Waals surface area contributed by atoms with Gasteiger partial charge in [-0.1, -0.05) is 30.3 Å². The van der Waals surface area contributed by atoms with Crippen molar-refractivity contribution in [1.29, 1.82) is 0 Å². The second-order valence-electron chi connectivity index (χ2n) is 4.48. The third-order valence-electron chi connectivity index (χ3n) is 3.01. The van der Waals surface area contributed by atoms with Gasteiger partial charge in [0.2, 0.25) is 0 Å². The molecule has 0 amide bonds. The number of nitrogens with two attached hydrogens (primary N) is 1. The first-order chi connectivity index (χ1) is 10.2. The van der Waals surface area contributed by atoms with Gasteiger partial charge in [-0.05, 0) is 30.2 Å². The molecule has 0 atom stereocenters. The molecule has 0 aliphatic heterocycles. The number of nitrogens with zero attached hydrogens (tertiary/aromatic N) is 1. The van der Waals surface area contributed by atoms with Crippen LogP contribution in [0.5, 0.6) is 11.5 Å². The van der Waals surface area contributed by atoms with E-state index >= 15 is 0 Å². The number of rotatable bonds is 5. The van der Waals surface area contributed by atoms with Crippen molar-refractivity contribution in [3.05, 3.63) is 54.1 Å². The van der Waals surface area contributed by atoms with Crippen molar-refractivity contribution in [3.8, 4) is 11.5 Å². The molecule has 0 radical (unpaired) electrons. The van der Waals surface area contributed by atoms with Crippen LogP contribution < -0.4 is 15.8 Å². The summed E-state index contributed by atoms with van der Waals surface area (Å²) in [7, 11) is 1.53. The maximum atomic E-state index is 9.97. The summed E-state index contributed by atoms with van der Waals surface area (Å²) in [6.45, 7) is 0.479. The van der Waals surface area contributed by atoms with E-state index in [2.05, 4.69) is 10.3 Å². The smallest absolute Gasteiger partial charge is 0.193 e. The quantitative estimate of drug-likeness (QED) is 0.582. The van der Waals surface area contributed by atoms with Crippen LogP contribution in [0.2, 0.25) is 0 Å². The monoisotopic (exact) mass is 285 g/mol. The Morgan fingerprint density at radius 3 is 2.67 bits per heavy atom. The van der Waals surface area contributed by atoms with E-state index in [-0.39, 0.29) is 5.75 Å². The Morgan fingerprint density at radius 1 is 1.19 bits per heavy atom. The molecule has 0 fully saturated rings. The van der Waals surface area contributed by atoms with Gasteiger partial charge in [0, 0.05) is 12.2 Å². The van der Waals surface area contributed by atoms with Gasteiger partial charge in [0.25, 0.3) is 0 Å². The summed E-state index contributed by atoms with van der Waals surface area (Å²) in [5.74, 6) is 0.972. The molecule has 5 nitrogen and oxygen atoms in total. The van der Waals surface area contributed by atoms with E-state index in [0.29, 0.717) is 24.7 Å². The van der Waals surface area contributed by atoms with Crippen LogP contribution in [-0.2, 0) is 6.42 Å². The van der Waals surface area contributed by atoms with Crippen LogP contribution in [0, 0.1) is 0 Å². The number of methoxy groups -OCH3 is 1. The first-order valence-corrected chi connectivity index (χ1v) is 6.67. The highest BCUT2D eigenvalue weighted by Crippen LogP contribution is 2.29. The van der Waals surface area contributed by atoms with Crippen LogP contribution >= 0.6 is 0 Å². The summed E-state index contributed by atoms with van der Waals surface area (Å²) in [4.78, 5) is 4.24. The molecule has 0 spiro atoms. The van der Waals surface area contributed by atoms with Gasteiger partial charge >= 0.3 is 0 Å². The highest BCUT2D eigenvalue weighted by atomic mass is 16.5. The lowest BCUT2D eigenvalue weighted by atomic mass is 10.1. The van der Waals surface area contributed by atoms with Crippen molar-refractivity contribution in [1.82, 2.24) is 0 Å². The number of phenolic OH excluding ortho intramolecular Hbond substituents is 1. The Hall–Kier alpha value is -2.69. The van der Waals surface area contributed by atoms with Crippen LogP contribution in [0.1, 0.15) is 5.56 Å². The number of para-hydroxylation sites is 2. The number of ether oxygens (including phenoxy) is 1. The van der Waals surface area contributed by atoms with Crippen molar-refractivity contribution in [2.75, 3.05) is 19.0 Å². The fourth-order valence-electron chi connectivity index (χ4n) is 1.94. The zero-order valence-electron chi connectivity index (χ0n) is 11.9. The van der Waals surface area contributed by atoms with Gasteiger partial charge in [-0.2, -0.15) is 0 Å². The third kappa shape index (κ3) is 4.14. The highest BCUT2D eigenvalue weighted by Gasteiger charge is 2.06. The molecule has 0 aliphatic carbocycles. The van der Waals surface area contributed by atoms with E-state index in [4.69, 9.17) is 10.5 Å². The number of nitrogens with one attached hydrogen (secondary N) is 1. The van der Waals surface area contributed by atoms with Crippen molar-refractivity contribution < 1.29 is 9.84 Å².